The zero-order chi connectivity index (χ0) is 14.7. The molecule has 1 aliphatic heterocycles. The van der Waals surface area contributed by atoms with Crippen LogP contribution in [-0.2, 0) is 4.79 Å². The predicted molar refractivity (Wildman–Crippen MR) is 74.1 cm³/mol. The SMILES string of the molecule is COc1cc(NC(=O)[C@@H]2CNC[C@H]2C)ccc1C(=O)O. The lowest BCUT2D eigenvalue weighted by Crippen LogP contribution is -2.27. The molecular weight excluding hydrogens is 260 g/mol. The Hall–Kier alpha value is -2.08. The summed E-state index contributed by atoms with van der Waals surface area (Å²) in [6, 6.07) is 4.51. The van der Waals surface area contributed by atoms with Gasteiger partial charge < -0.3 is 20.5 Å². The van der Waals surface area contributed by atoms with E-state index in [1.165, 1.54) is 19.2 Å². The Bertz CT molecular complexity index is 530. The third kappa shape index (κ3) is 2.91. The normalized spacial score (nSPS) is 21.5. The quantitative estimate of drug-likeness (QED) is 0.770. The number of carboxylic acids is 1. The molecule has 20 heavy (non-hydrogen) atoms. The molecule has 1 heterocycles. The molecule has 1 fully saturated rings. The summed E-state index contributed by atoms with van der Waals surface area (Å²) in [6.45, 7) is 3.52. The number of nitrogens with one attached hydrogen (secondary N) is 2. The van der Waals surface area contributed by atoms with Gasteiger partial charge in [0.1, 0.15) is 11.3 Å². The Labute approximate surface area is 117 Å². The first kappa shape index (κ1) is 14.3. The molecule has 6 nitrogen and oxygen atoms in total. The standard InChI is InChI=1S/C14H18N2O4/c1-8-6-15-7-11(8)13(17)16-9-3-4-10(14(18)19)12(5-9)20-2/h3-5,8,11,15H,6-7H2,1-2H3,(H,16,17)(H,18,19)/t8-,11-/m1/s1. The number of benzene rings is 1. The number of aromatic carboxylic acids is 1. The van der Waals surface area contributed by atoms with Gasteiger partial charge in [0.2, 0.25) is 5.91 Å². The van der Waals surface area contributed by atoms with E-state index in [0.29, 0.717) is 12.2 Å². The molecule has 0 aliphatic carbocycles. The lowest BCUT2D eigenvalue weighted by Gasteiger charge is -2.15. The van der Waals surface area contributed by atoms with Crippen molar-refractivity contribution in [3.05, 3.63) is 23.8 Å². The number of carbonyl (C=O) groups is 2. The highest BCUT2D eigenvalue weighted by molar-refractivity contribution is 5.95. The summed E-state index contributed by atoms with van der Waals surface area (Å²) >= 11 is 0. The largest absolute Gasteiger partial charge is 0.496 e. The molecule has 6 heteroatoms. The van der Waals surface area contributed by atoms with Crippen LogP contribution in [0.5, 0.6) is 5.75 Å². The minimum atomic E-state index is -1.06. The zero-order valence-corrected chi connectivity index (χ0v) is 11.5. The van der Waals surface area contributed by atoms with Crippen LogP contribution in [0.3, 0.4) is 0 Å². The average Bonchev–Trinajstić information content (AvgIpc) is 2.84. The van der Waals surface area contributed by atoms with E-state index in [9.17, 15) is 9.59 Å². The fraction of sp³-hybridized carbons (Fsp3) is 0.429. The highest BCUT2D eigenvalue weighted by Crippen LogP contribution is 2.24. The Morgan fingerprint density at radius 2 is 2.15 bits per heavy atom. The van der Waals surface area contributed by atoms with Crippen molar-refractivity contribution in [2.45, 2.75) is 6.92 Å². The first-order chi connectivity index (χ1) is 9.52. The van der Waals surface area contributed by atoms with Crippen molar-refractivity contribution in [1.82, 2.24) is 5.32 Å². The minimum absolute atomic E-state index is 0.0624. The monoisotopic (exact) mass is 278 g/mol. The van der Waals surface area contributed by atoms with Gasteiger partial charge in [0, 0.05) is 18.3 Å². The number of hydrogen-bond acceptors (Lipinski definition) is 4. The van der Waals surface area contributed by atoms with Crippen LogP contribution in [0.25, 0.3) is 0 Å². The Kier molecular flexibility index (Phi) is 4.24. The van der Waals surface area contributed by atoms with E-state index in [-0.39, 0.29) is 29.1 Å². The topological polar surface area (TPSA) is 87.7 Å². The van der Waals surface area contributed by atoms with Crippen LogP contribution in [0.1, 0.15) is 17.3 Å². The average molecular weight is 278 g/mol. The van der Waals surface area contributed by atoms with E-state index < -0.39 is 5.97 Å². The minimum Gasteiger partial charge on any atom is -0.496 e. The second-order valence-corrected chi connectivity index (χ2v) is 4.95. The summed E-state index contributed by atoms with van der Waals surface area (Å²) in [5.41, 5.74) is 0.609. The van der Waals surface area contributed by atoms with E-state index in [1.54, 1.807) is 6.07 Å². The number of methoxy groups -OCH3 is 1. The van der Waals surface area contributed by atoms with Gasteiger partial charge in [0.15, 0.2) is 0 Å². The first-order valence-corrected chi connectivity index (χ1v) is 6.46. The number of amides is 1. The van der Waals surface area contributed by atoms with Crippen molar-refractivity contribution in [1.29, 1.82) is 0 Å². The highest BCUT2D eigenvalue weighted by Gasteiger charge is 2.29. The molecule has 1 aromatic carbocycles. The second kappa shape index (κ2) is 5.92. The molecule has 1 aromatic rings. The van der Waals surface area contributed by atoms with Gasteiger partial charge in [0.05, 0.1) is 13.0 Å². The fourth-order valence-corrected chi connectivity index (χ4v) is 2.34. The van der Waals surface area contributed by atoms with Gasteiger partial charge in [-0.2, -0.15) is 0 Å². The summed E-state index contributed by atoms with van der Waals surface area (Å²) in [6.07, 6.45) is 0. The van der Waals surface area contributed by atoms with Gasteiger partial charge in [-0.15, -0.1) is 0 Å². The smallest absolute Gasteiger partial charge is 0.339 e. The number of anilines is 1. The van der Waals surface area contributed by atoms with Crippen LogP contribution in [-0.4, -0.2) is 37.2 Å². The van der Waals surface area contributed by atoms with Gasteiger partial charge >= 0.3 is 5.97 Å². The van der Waals surface area contributed by atoms with Crippen molar-refractivity contribution in [2.75, 3.05) is 25.5 Å². The lowest BCUT2D eigenvalue weighted by atomic mass is 9.97. The van der Waals surface area contributed by atoms with E-state index in [4.69, 9.17) is 9.84 Å². The Balaban J connectivity index is 2.13. The zero-order valence-electron chi connectivity index (χ0n) is 11.5. The molecule has 1 aliphatic rings. The van der Waals surface area contributed by atoms with Crippen molar-refractivity contribution < 1.29 is 19.4 Å². The maximum absolute atomic E-state index is 12.1. The summed E-state index contributed by atoms with van der Waals surface area (Å²) in [4.78, 5) is 23.1. The number of ether oxygens (including phenoxy) is 1. The molecule has 0 saturated carbocycles. The third-order valence-corrected chi connectivity index (χ3v) is 3.55. The second-order valence-electron chi connectivity index (χ2n) is 4.95. The van der Waals surface area contributed by atoms with Crippen molar-refractivity contribution >= 4 is 17.6 Å². The molecule has 0 radical (unpaired) electrons. The van der Waals surface area contributed by atoms with Crippen molar-refractivity contribution in [3.63, 3.8) is 0 Å². The van der Waals surface area contributed by atoms with Crippen LogP contribution in [0.2, 0.25) is 0 Å². The maximum Gasteiger partial charge on any atom is 0.339 e. The molecule has 0 bridgehead atoms. The molecule has 0 unspecified atom stereocenters. The van der Waals surface area contributed by atoms with Gasteiger partial charge in [-0.1, -0.05) is 6.92 Å². The first-order valence-electron chi connectivity index (χ1n) is 6.46. The van der Waals surface area contributed by atoms with Gasteiger partial charge in [0.25, 0.3) is 0 Å². The third-order valence-electron chi connectivity index (χ3n) is 3.55. The van der Waals surface area contributed by atoms with E-state index in [2.05, 4.69) is 10.6 Å². The summed E-state index contributed by atoms with van der Waals surface area (Å²) < 4.78 is 5.03. The maximum atomic E-state index is 12.1. The van der Waals surface area contributed by atoms with E-state index in [0.717, 1.165) is 6.54 Å². The van der Waals surface area contributed by atoms with Gasteiger partial charge in [-0.05, 0) is 24.6 Å². The summed E-state index contributed by atoms with van der Waals surface area (Å²) in [5, 5.41) is 15.0. The van der Waals surface area contributed by atoms with Gasteiger partial charge in [-0.3, -0.25) is 4.79 Å². The highest BCUT2D eigenvalue weighted by atomic mass is 16.5. The summed E-state index contributed by atoms with van der Waals surface area (Å²) in [5.74, 6) is -0.677. The van der Waals surface area contributed by atoms with Crippen LogP contribution in [0, 0.1) is 11.8 Å². The van der Waals surface area contributed by atoms with Crippen LogP contribution in [0.15, 0.2) is 18.2 Å². The Morgan fingerprint density at radius 3 is 2.70 bits per heavy atom. The van der Waals surface area contributed by atoms with Gasteiger partial charge in [-0.25, -0.2) is 4.79 Å². The van der Waals surface area contributed by atoms with Crippen molar-refractivity contribution in [3.8, 4) is 5.75 Å². The molecular formula is C14H18N2O4. The molecule has 108 valence electrons. The number of carbonyl (C=O) groups excluding carboxylic acids is 1. The Morgan fingerprint density at radius 1 is 1.40 bits per heavy atom. The molecule has 1 saturated heterocycles. The van der Waals surface area contributed by atoms with Crippen LogP contribution in [0.4, 0.5) is 5.69 Å². The van der Waals surface area contributed by atoms with Crippen molar-refractivity contribution in [2.24, 2.45) is 11.8 Å². The number of carboxylic acid groups (broad SMARTS) is 1. The molecule has 2 atom stereocenters. The molecule has 1 amide bonds. The summed E-state index contributed by atoms with van der Waals surface area (Å²) in [7, 11) is 1.40. The van der Waals surface area contributed by atoms with Crippen LogP contribution >= 0.6 is 0 Å². The molecule has 0 aromatic heterocycles. The lowest BCUT2D eigenvalue weighted by molar-refractivity contribution is -0.120. The van der Waals surface area contributed by atoms with E-state index >= 15 is 0 Å². The fourth-order valence-electron chi connectivity index (χ4n) is 2.34. The molecule has 0 spiro atoms. The molecule has 3 N–H and O–H groups in total. The van der Waals surface area contributed by atoms with Crippen LogP contribution < -0.4 is 15.4 Å². The molecule has 2 rings (SSSR count). The predicted octanol–water partition coefficient (Wildman–Crippen LogP) is 1.19. The van der Waals surface area contributed by atoms with E-state index in [1.807, 2.05) is 6.92 Å². The number of rotatable bonds is 4. The number of hydrogen-bond donors (Lipinski definition) is 3.